The van der Waals surface area contributed by atoms with Crippen LogP contribution in [0.3, 0.4) is 0 Å². The van der Waals surface area contributed by atoms with E-state index in [0.717, 1.165) is 32.4 Å². The van der Waals surface area contributed by atoms with Crippen LogP contribution in [0.25, 0.3) is 0 Å². The van der Waals surface area contributed by atoms with Crippen LogP contribution in [0.15, 0.2) is 0 Å². The molecule has 1 aliphatic carbocycles. The highest BCUT2D eigenvalue weighted by Crippen LogP contribution is 2.35. The molecule has 0 aromatic carbocycles. The molecule has 1 aromatic rings. The van der Waals surface area contributed by atoms with Gasteiger partial charge < -0.3 is 15.5 Å². The Kier molecular flexibility index (Phi) is 5.15. The third-order valence-electron chi connectivity index (χ3n) is 4.69. The van der Waals surface area contributed by atoms with Crippen molar-refractivity contribution in [2.75, 3.05) is 26.7 Å². The summed E-state index contributed by atoms with van der Waals surface area (Å²) in [6.45, 7) is 1.57. The summed E-state index contributed by atoms with van der Waals surface area (Å²) in [5, 5.41) is 6.27. The molecule has 126 valence electrons. The van der Waals surface area contributed by atoms with Crippen LogP contribution in [-0.2, 0) is 17.6 Å². The molecule has 7 heteroatoms. The molecule has 2 aliphatic rings. The van der Waals surface area contributed by atoms with E-state index in [9.17, 15) is 9.59 Å². The number of thiazole rings is 1. The first kappa shape index (κ1) is 16.2. The second-order valence-electron chi connectivity index (χ2n) is 6.22. The molecule has 2 N–H and O–H groups in total. The second kappa shape index (κ2) is 7.29. The quantitative estimate of drug-likeness (QED) is 0.881. The van der Waals surface area contributed by atoms with Crippen molar-refractivity contribution in [3.8, 4) is 0 Å². The number of piperidine rings is 1. The summed E-state index contributed by atoms with van der Waals surface area (Å²) in [5.74, 6) is 0.479. The lowest BCUT2D eigenvalue weighted by Gasteiger charge is -2.31. The van der Waals surface area contributed by atoms with Crippen molar-refractivity contribution in [3.63, 3.8) is 0 Å². The SMILES string of the molecule is CNC(=O)NCC(=O)N1CCC(c2nc3c(s2)CCCC3)CC1. The number of aryl methyl sites for hydroxylation is 2. The van der Waals surface area contributed by atoms with Gasteiger partial charge >= 0.3 is 6.03 Å². The topological polar surface area (TPSA) is 74.3 Å². The number of fused-ring (bicyclic) bond motifs is 1. The van der Waals surface area contributed by atoms with Gasteiger partial charge in [0.15, 0.2) is 0 Å². The molecule has 23 heavy (non-hydrogen) atoms. The lowest BCUT2D eigenvalue weighted by molar-refractivity contribution is -0.131. The molecule has 0 bridgehead atoms. The fraction of sp³-hybridized carbons (Fsp3) is 0.688. The van der Waals surface area contributed by atoms with E-state index < -0.39 is 0 Å². The fourth-order valence-corrected chi connectivity index (χ4v) is 4.60. The number of aromatic nitrogens is 1. The highest BCUT2D eigenvalue weighted by atomic mass is 32.1. The van der Waals surface area contributed by atoms with Crippen molar-refractivity contribution in [3.05, 3.63) is 15.6 Å². The maximum absolute atomic E-state index is 12.1. The number of nitrogens with one attached hydrogen (secondary N) is 2. The van der Waals surface area contributed by atoms with Crippen LogP contribution < -0.4 is 10.6 Å². The van der Waals surface area contributed by atoms with Gasteiger partial charge in [-0.1, -0.05) is 0 Å². The Morgan fingerprint density at radius 3 is 2.70 bits per heavy atom. The molecule has 3 rings (SSSR count). The zero-order valence-corrected chi connectivity index (χ0v) is 14.4. The van der Waals surface area contributed by atoms with Gasteiger partial charge in [-0.25, -0.2) is 9.78 Å². The number of rotatable bonds is 3. The van der Waals surface area contributed by atoms with Gasteiger partial charge in [0.1, 0.15) is 0 Å². The van der Waals surface area contributed by atoms with E-state index in [0.29, 0.717) is 5.92 Å². The van der Waals surface area contributed by atoms with Crippen molar-refractivity contribution >= 4 is 23.3 Å². The largest absolute Gasteiger partial charge is 0.341 e. The molecular formula is C16H24N4O2S. The molecule has 0 saturated carbocycles. The summed E-state index contributed by atoms with van der Waals surface area (Å²) in [6, 6.07) is -0.318. The Morgan fingerprint density at radius 1 is 1.26 bits per heavy atom. The average Bonchev–Trinajstić information content (AvgIpc) is 3.03. The van der Waals surface area contributed by atoms with E-state index in [1.165, 1.54) is 34.8 Å². The average molecular weight is 336 g/mol. The number of hydrogen-bond acceptors (Lipinski definition) is 4. The van der Waals surface area contributed by atoms with Crippen molar-refractivity contribution < 1.29 is 9.59 Å². The lowest BCUT2D eigenvalue weighted by Crippen LogP contribution is -2.45. The van der Waals surface area contributed by atoms with Crippen LogP contribution in [0.1, 0.15) is 47.2 Å². The predicted molar refractivity (Wildman–Crippen MR) is 89.8 cm³/mol. The summed E-state index contributed by atoms with van der Waals surface area (Å²) in [5.41, 5.74) is 1.32. The van der Waals surface area contributed by atoms with E-state index in [2.05, 4.69) is 10.6 Å². The van der Waals surface area contributed by atoms with Crippen LogP contribution in [0.5, 0.6) is 0 Å². The van der Waals surface area contributed by atoms with Gasteiger partial charge in [0, 0.05) is 30.9 Å². The molecule has 1 aromatic heterocycles. The molecule has 6 nitrogen and oxygen atoms in total. The Hall–Kier alpha value is -1.63. The minimum Gasteiger partial charge on any atom is -0.341 e. The first-order chi connectivity index (χ1) is 11.2. The van der Waals surface area contributed by atoms with Gasteiger partial charge in [-0.05, 0) is 38.5 Å². The van der Waals surface area contributed by atoms with Gasteiger partial charge in [0.05, 0.1) is 17.2 Å². The number of carbonyl (C=O) groups excluding carboxylic acids is 2. The summed E-state index contributed by atoms with van der Waals surface area (Å²) in [7, 11) is 1.54. The minimum atomic E-state index is -0.318. The van der Waals surface area contributed by atoms with Gasteiger partial charge in [-0.15, -0.1) is 11.3 Å². The fourth-order valence-electron chi connectivity index (χ4n) is 3.28. The van der Waals surface area contributed by atoms with Crippen molar-refractivity contribution in [2.45, 2.75) is 44.4 Å². The number of likely N-dealkylation sites (tertiary alicyclic amines) is 1. The number of hydrogen-bond donors (Lipinski definition) is 2. The predicted octanol–water partition coefficient (Wildman–Crippen LogP) is 1.66. The molecule has 1 saturated heterocycles. The van der Waals surface area contributed by atoms with E-state index >= 15 is 0 Å². The highest BCUT2D eigenvalue weighted by Gasteiger charge is 2.27. The first-order valence-electron chi connectivity index (χ1n) is 8.39. The maximum Gasteiger partial charge on any atom is 0.314 e. The van der Waals surface area contributed by atoms with Crippen LogP contribution in [0.4, 0.5) is 4.79 Å². The van der Waals surface area contributed by atoms with Gasteiger partial charge in [0.25, 0.3) is 0 Å². The molecule has 3 amide bonds. The molecule has 0 radical (unpaired) electrons. The molecule has 1 aliphatic heterocycles. The number of urea groups is 1. The van der Waals surface area contributed by atoms with Gasteiger partial charge in [-0.3, -0.25) is 4.79 Å². The Balaban J connectivity index is 1.51. The van der Waals surface area contributed by atoms with E-state index in [1.807, 2.05) is 16.2 Å². The normalized spacial score (nSPS) is 18.4. The summed E-state index contributed by atoms with van der Waals surface area (Å²) >= 11 is 1.89. The molecular weight excluding hydrogens is 312 g/mol. The molecule has 2 heterocycles. The standard InChI is InChI=1S/C16H24N4O2S/c1-17-16(22)18-10-14(21)20-8-6-11(7-9-20)15-19-12-4-2-3-5-13(12)23-15/h11H,2-10H2,1H3,(H2,17,18,22). The monoisotopic (exact) mass is 336 g/mol. The first-order valence-corrected chi connectivity index (χ1v) is 9.21. The molecule has 0 atom stereocenters. The lowest BCUT2D eigenvalue weighted by atomic mass is 9.97. The smallest absolute Gasteiger partial charge is 0.314 e. The van der Waals surface area contributed by atoms with Crippen molar-refractivity contribution in [1.29, 1.82) is 0 Å². The summed E-state index contributed by atoms with van der Waals surface area (Å²) in [4.78, 5) is 31.4. The minimum absolute atomic E-state index is 0.00881. The third kappa shape index (κ3) is 3.83. The molecule has 0 unspecified atom stereocenters. The van der Waals surface area contributed by atoms with Crippen LogP contribution in [0, 0.1) is 0 Å². The van der Waals surface area contributed by atoms with E-state index in [-0.39, 0.29) is 18.5 Å². The summed E-state index contributed by atoms with van der Waals surface area (Å²) < 4.78 is 0. The van der Waals surface area contributed by atoms with Crippen molar-refractivity contribution in [2.24, 2.45) is 0 Å². The number of amides is 3. The van der Waals surface area contributed by atoms with Gasteiger partial charge in [0.2, 0.25) is 5.91 Å². The Bertz CT molecular complexity index is 555. The Labute approximate surface area is 140 Å². The zero-order chi connectivity index (χ0) is 16.2. The van der Waals surface area contributed by atoms with Gasteiger partial charge in [-0.2, -0.15) is 0 Å². The number of nitrogens with zero attached hydrogens (tertiary/aromatic N) is 2. The van der Waals surface area contributed by atoms with E-state index in [4.69, 9.17) is 4.98 Å². The van der Waals surface area contributed by atoms with Crippen LogP contribution >= 0.6 is 11.3 Å². The highest BCUT2D eigenvalue weighted by molar-refractivity contribution is 7.11. The summed E-state index contributed by atoms with van der Waals surface area (Å²) in [6.07, 6.45) is 6.82. The van der Waals surface area contributed by atoms with Crippen LogP contribution in [0.2, 0.25) is 0 Å². The van der Waals surface area contributed by atoms with Crippen molar-refractivity contribution in [1.82, 2.24) is 20.5 Å². The van der Waals surface area contributed by atoms with Crippen LogP contribution in [-0.4, -0.2) is 48.5 Å². The zero-order valence-electron chi connectivity index (χ0n) is 13.6. The molecule has 0 spiro atoms. The number of carbonyl (C=O) groups is 2. The second-order valence-corrected chi connectivity index (χ2v) is 7.33. The third-order valence-corrected chi connectivity index (χ3v) is 6.01. The maximum atomic E-state index is 12.1. The Morgan fingerprint density at radius 2 is 2.00 bits per heavy atom. The van der Waals surface area contributed by atoms with E-state index in [1.54, 1.807) is 7.05 Å². The molecule has 1 fully saturated rings.